The fourth-order valence-corrected chi connectivity index (χ4v) is 2.67. The molecule has 0 N–H and O–H groups in total. The number of nitrogens with zero attached hydrogens (tertiary/aromatic N) is 2. The van der Waals surface area contributed by atoms with E-state index in [-0.39, 0.29) is 11.4 Å². The molecule has 4 heteroatoms. The van der Waals surface area contributed by atoms with Crippen molar-refractivity contribution < 1.29 is 9.53 Å². The highest BCUT2D eigenvalue weighted by molar-refractivity contribution is 5.72. The van der Waals surface area contributed by atoms with Gasteiger partial charge >= 0.3 is 5.97 Å². The lowest BCUT2D eigenvalue weighted by Gasteiger charge is -2.35. The van der Waals surface area contributed by atoms with E-state index in [9.17, 15) is 10.1 Å². The predicted octanol–water partition coefficient (Wildman–Crippen LogP) is 2.53. The summed E-state index contributed by atoms with van der Waals surface area (Å²) in [5, 5.41) is 9.18. The minimum absolute atomic E-state index is 0.179. The average molecular weight is 286 g/mol. The largest absolute Gasteiger partial charge is 0.469 e. The van der Waals surface area contributed by atoms with Crippen molar-refractivity contribution in [3.8, 4) is 6.07 Å². The van der Waals surface area contributed by atoms with E-state index in [1.54, 1.807) is 0 Å². The molecule has 1 fully saturated rings. The van der Waals surface area contributed by atoms with E-state index in [1.807, 2.05) is 25.1 Å². The summed E-state index contributed by atoms with van der Waals surface area (Å²) in [5.41, 5.74) is 2.02. The van der Waals surface area contributed by atoms with Gasteiger partial charge in [0.05, 0.1) is 25.0 Å². The molecule has 1 aliphatic heterocycles. The number of likely N-dealkylation sites (tertiary alicyclic amines) is 1. The first-order chi connectivity index (χ1) is 10.1. The zero-order chi connectivity index (χ0) is 15.3. The topological polar surface area (TPSA) is 53.3 Å². The van der Waals surface area contributed by atoms with Crippen LogP contribution in [0.15, 0.2) is 24.3 Å². The van der Waals surface area contributed by atoms with Gasteiger partial charge in [-0.2, -0.15) is 5.26 Å². The standard InChI is InChI=1S/C17H22N2O2/c1-17(13-18)7-9-19(10-8-17)12-15-6-4-3-5-14(15)11-16(20)21-2/h3-6H,7-12H2,1-2H3. The van der Waals surface area contributed by atoms with Crippen LogP contribution in [0, 0.1) is 16.7 Å². The summed E-state index contributed by atoms with van der Waals surface area (Å²) < 4.78 is 4.75. The highest BCUT2D eigenvalue weighted by Gasteiger charge is 2.29. The molecule has 0 bridgehead atoms. The molecular weight excluding hydrogens is 264 g/mol. The summed E-state index contributed by atoms with van der Waals surface area (Å²) in [5.74, 6) is -0.210. The lowest BCUT2D eigenvalue weighted by molar-refractivity contribution is -0.139. The molecule has 0 amide bonds. The van der Waals surface area contributed by atoms with Crippen molar-refractivity contribution in [2.75, 3.05) is 20.2 Å². The van der Waals surface area contributed by atoms with Crippen molar-refractivity contribution in [1.29, 1.82) is 5.26 Å². The number of carbonyl (C=O) groups excluding carboxylic acids is 1. The molecule has 1 heterocycles. The van der Waals surface area contributed by atoms with Crippen LogP contribution in [-0.4, -0.2) is 31.1 Å². The maximum Gasteiger partial charge on any atom is 0.309 e. The molecule has 1 saturated heterocycles. The molecule has 21 heavy (non-hydrogen) atoms. The van der Waals surface area contributed by atoms with Crippen LogP contribution in [0.25, 0.3) is 0 Å². The number of hydrogen-bond donors (Lipinski definition) is 0. The van der Waals surface area contributed by atoms with Crippen molar-refractivity contribution in [3.63, 3.8) is 0 Å². The monoisotopic (exact) mass is 286 g/mol. The average Bonchev–Trinajstić information content (AvgIpc) is 2.51. The van der Waals surface area contributed by atoms with Gasteiger partial charge in [0.2, 0.25) is 0 Å². The van der Waals surface area contributed by atoms with Gasteiger partial charge in [0.25, 0.3) is 0 Å². The van der Waals surface area contributed by atoms with Crippen LogP contribution < -0.4 is 0 Å². The third kappa shape index (κ3) is 4.05. The Labute approximate surface area is 126 Å². The molecule has 2 rings (SSSR count). The minimum Gasteiger partial charge on any atom is -0.469 e. The molecule has 0 saturated carbocycles. The molecule has 1 aliphatic rings. The number of methoxy groups -OCH3 is 1. The lowest BCUT2D eigenvalue weighted by atomic mass is 9.82. The van der Waals surface area contributed by atoms with E-state index in [0.717, 1.165) is 38.0 Å². The van der Waals surface area contributed by atoms with E-state index < -0.39 is 0 Å². The van der Waals surface area contributed by atoms with Crippen molar-refractivity contribution >= 4 is 5.97 Å². The summed E-state index contributed by atoms with van der Waals surface area (Å²) in [6.45, 7) is 4.72. The number of ether oxygens (including phenoxy) is 1. The van der Waals surface area contributed by atoms with Gasteiger partial charge in [-0.15, -0.1) is 0 Å². The molecule has 0 aliphatic carbocycles. The normalized spacial score (nSPS) is 18.0. The first-order valence-corrected chi connectivity index (χ1v) is 7.33. The van der Waals surface area contributed by atoms with Gasteiger partial charge in [-0.05, 0) is 44.0 Å². The van der Waals surface area contributed by atoms with E-state index in [1.165, 1.54) is 12.7 Å². The van der Waals surface area contributed by atoms with Crippen LogP contribution in [0.5, 0.6) is 0 Å². The maximum absolute atomic E-state index is 11.5. The number of hydrogen-bond acceptors (Lipinski definition) is 4. The Morgan fingerprint density at radius 2 is 1.95 bits per heavy atom. The Morgan fingerprint density at radius 1 is 1.33 bits per heavy atom. The summed E-state index contributed by atoms with van der Waals surface area (Å²) >= 11 is 0. The van der Waals surface area contributed by atoms with Gasteiger partial charge in [0.1, 0.15) is 0 Å². The van der Waals surface area contributed by atoms with Crippen molar-refractivity contribution in [3.05, 3.63) is 35.4 Å². The van der Waals surface area contributed by atoms with Crippen molar-refractivity contribution in [1.82, 2.24) is 4.90 Å². The zero-order valence-corrected chi connectivity index (χ0v) is 12.8. The highest BCUT2D eigenvalue weighted by Crippen LogP contribution is 2.30. The maximum atomic E-state index is 11.5. The molecule has 0 radical (unpaired) electrons. The lowest BCUT2D eigenvalue weighted by Crippen LogP contribution is -2.37. The quantitative estimate of drug-likeness (QED) is 0.798. The second kappa shape index (κ2) is 6.73. The van der Waals surface area contributed by atoms with E-state index in [0.29, 0.717) is 6.42 Å². The van der Waals surface area contributed by atoms with Crippen LogP contribution in [0.2, 0.25) is 0 Å². The van der Waals surface area contributed by atoms with Gasteiger partial charge in [-0.3, -0.25) is 9.69 Å². The van der Waals surface area contributed by atoms with Gasteiger partial charge < -0.3 is 4.74 Å². The third-order valence-corrected chi connectivity index (χ3v) is 4.30. The van der Waals surface area contributed by atoms with Gasteiger partial charge in [-0.1, -0.05) is 24.3 Å². The number of benzene rings is 1. The van der Waals surface area contributed by atoms with Gasteiger partial charge in [0.15, 0.2) is 0 Å². The summed E-state index contributed by atoms with van der Waals surface area (Å²) in [6.07, 6.45) is 2.13. The Kier molecular flexibility index (Phi) is 4.98. The first-order valence-electron chi connectivity index (χ1n) is 7.33. The minimum atomic E-state index is -0.210. The molecule has 1 aromatic rings. The molecule has 0 unspecified atom stereocenters. The van der Waals surface area contributed by atoms with Gasteiger partial charge in [-0.25, -0.2) is 0 Å². The van der Waals surface area contributed by atoms with E-state index in [4.69, 9.17) is 4.74 Å². The highest BCUT2D eigenvalue weighted by atomic mass is 16.5. The molecule has 0 aromatic heterocycles. The third-order valence-electron chi connectivity index (χ3n) is 4.30. The van der Waals surface area contributed by atoms with Crippen molar-refractivity contribution in [2.24, 2.45) is 5.41 Å². The first kappa shape index (κ1) is 15.5. The fourth-order valence-electron chi connectivity index (χ4n) is 2.67. The van der Waals surface area contributed by atoms with Crippen LogP contribution >= 0.6 is 0 Å². The molecule has 0 atom stereocenters. The SMILES string of the molecule is COC(=O)Cc1ccccc1CN1CCC(C)(C#N)CC1. The Balaban J connectivity index is 2.01. The predicted molar refractivity (Wildman–Crippen MR) is 80.4 cm³/mol. The number of piperidine rings is 1. The van der Waals surface area contributed by atoms with Crippen molar-refractivity contribution in [2.45, 2.75) is 32.7 Å². The van der Waals surface area contributed by atoms with Crippen LogP contribution in [0.4, 0.5) is 0 Å². The molecule has 4 nitrogen and oxygen atoms in total. The number of rotatable bonds is 4. The van der Waals surface area contributed by atoms with Crippen LogP contribution in [0.1, 0.15) is 30.9 Å². The van der Waals surface area contributed by atoms with E-state index >= 15 is 0 Å². The number of nitriles is 1. The smallest absolute Gasteiger partial charge is 0.309 e. The molecule has 1 aromatic carbocycles. The second-order valence-corrected chi connectivity index (χ2v) is 5.97. The molecular formula is C17H22N2O2. The Hall–Kier alpha value is -1.86. The summed E-state index contributed by atoms with van der Waals surface area (Å²) in [4.78, 5) is 13.8. The molecule has 0 spiro atoms. The van der Waals surface area contributed by atoms with Crippen LogP contribution in [0.3, 0.4) is 0 Å². The summed E-state index contributed by atoms with van der Waals surface area (Å²) in [6, 6.07) is 10.4. The Bertz CT molecular complexity index is 540. The summed E-state index contributed by atoms with van der Waals surface area (Å²) in [7, 11) is 1.41. The van der Waals surface area contributed by atoms with Gasteiger partial charge in [0, 0.05) is 6.54 Å². The second-order valence-electron chi connectivity index (χ2n) is 5.97. The molecule has 112 valence electrons. The Morgan fingerprint density at radius 3 is 2.52 bits per heavy atom. The van der Waals surface area contributed by atoms with E-state index in [2.05, 4.69) is 17.0 Å². The van der Waals surface area contributed by atoms with Crippen LogP contribution in [-0.2, 0) is 22.5 Å². The zero-order valence-electron chi connectivity index (χ0n) is 12.8. The number of esters is 1. The fraction of sp³-hybridized carbons (Fsp3) is 0.529. The number of carbonyl (C=O) groups is 1.